The Balaban J connectivity index is 2.28. The first-order valence-corrected chi connectivity index (χ1v) is 6.00. The summed E-state index contributed by atoms with van der Waals surface area (Å²) in [4.78, 5) is 16.0. The lowest BCUT2D eigenvalue weighted by molar-refractivity contribution is 0.101. The number of hydrogen-bond donors (Lipinski definition) is 3. The number of nitrogens with two attached hydrogens (primary N) is 1. The Bertz CT molecular complexity index is 693. The van der Waals surface area contributed by atoms with Gasteiger partial charge in [0.05, 0.1) is 25.3 Å². The third kappa shape index (κ3) is 2.94. The van der Waals surface area contributed by atoms with Gasteiger partial charge in [0, 0.05) is 12.6 Å². The van der Waals surface area contributed by atoms with E-state index in [0.29, 0.717) is 22.7 Å². The topological polar surface area (TPSA) is 115 Å². The molecule has 0 bridgehead atoms. The minimum absolute atomic E-state index is 0.0437. The maximum absolute atomic E-state index is 12.1. The van der Waals surface area contributed by atoms with E-state index in [4.69, 9.17) is 15.7 Å². The first-order chi connectivity index (χ1) is 10.1. The highest BCUT2D eigenvalue weighted by Crippen LogP contribution is 2.26. The van der Waals surface area contributed by atoms with E-state index in [9.17, 15) is 4.79 Å². The Morgan fingerprint density at radius 1 is 1.52 bits per heavy atom. The van der Waals surface area contributed by atoms with E-state index in [1.807, 2.05) is 0 Å². The van der Waals surface area contributed by atoms with Gasteiger partial charge < -0.3 is 25.6 Å². The van der Waals surface area contributed by atoms with Crippen LogP contribution in [0.25, 0.3) is 0 Å². The second-order valence-corrected chi connectivity index (χ2v) is 4.24. The molecule has 1 aromatic heterocycles. The fourth-order valence-electron chi connectivity index (χ4n) is 1.77. The fraction of sp³-hybridized carbons (Fsp3) is 0.154. The summed E-state index contributed by atoms with van der Waals surface area (Å²) in [5.41, 5.74) is 6.88. The van der Waals surface area contributed by atoms with Gasteiger partial charge in [0.25, 0.3) is 5.91 Å². The molecule has 2 aromatic rings. The third-order valence-corrected chi connectivity index (χ3v) is 2.90. The number of aromatic nitrogens is 2. The summed E-state index contributed by atoms with van der Waals surface area (Å²) >= 11 is 0. The average Bonchev–Trinajstić information content (AvgIpc) is 2.93. The zero-order valence-corrected chi connectivity index (χ0v) is 11.6. The number of hydrogen-bond acceptors (Lipinski definition) is 5. The molecule has 1 aromatic carbocycles. The monoisotopic (exact) mass is 289 g/mol. The predicted octanol–water partition coefficient (Wildman–Crippen LogP) is 0.775. The van der Waals surface area contributed by atoms with E-state index in [0.717, 1.165) is 0 Å². The number of rotatable bonds is 4. The lowest BCUT2D eigenvalue weighted by Crippen LogP contribution is -2.17. The molecule has 1 heterocycles. The molecule has 0 aliphatic rings. The van der Waals surface area contributed by atoms with Crippen molar-refractivity contribution in [3.63, 3.8) is 0 Å². The van der Waals surface area contributed by atoms with Gasteiger partial charge in [0.15, 0.2) is 5.84 Å². The summed E-state index contributed by atoms with van der Waals surface area (Å²) in [5, 5.41) is 14.3. The molecule has 4 N–H and O–H groups in total. The first kappa shape index (κ1) is 14.4. The van der Waals surface area contributed by atoms with Crippen molar-refractivity contribution in [3.05, 3.63) is 42.0 Å². The Labute approximate surface area is 120 Å². The predicted molar refractivity (Wildman–Crippen MR) is 76.7 cm³/mol. The zero-order valence-electron chi connectivity index (χ0n) is 11.6. The second-order valence-electron chi connectivity index (χ2n) is 4.24. The molecule has 8 nitrogen and oxygen atoms in total. The van der Waals surface area contributed by atoms with Crippen molar-refractivity contribution in [2.45, 2.75) is 0 Å². The molecule has 110 valence electrons. The summed E-state index contributed by atoms with van der Waals surface area (Å²) in [6.45, 7) is 0. The van der Waals surface area contributed by atoms with E-state index in [2.05, 4.69) is 15.5 Å². The van der Waals surface area contributed by atoms with Crippen LogP contribution in [0.2, 0.25) is 0 Å². The summed E-state index contributed by atoms with van der Waals surface area (Å²) in [7, 11) is 3.19. The minimum Gasteiger partial charge on any atom is -0.495 e. The van der Waals surface area contributed by atoms with E-state index in [1.165, 1.54) is 19.6 Å². The first-order valence-electron chi connectivity index (χ1n) is 6.00. The van der Waals surface area contributed by atoms with E-state index in [-0.39, 0.29) is 11.7 Å². The number of methoxy groups -OCH3 is 1. The van der Waals surface area contributed by atoms with Crippen LogP contribution < -0.4 is 15.8 Å². The largest absolute Gasteiger partial charge is 0.495 e. The SMILES string of the molecule is COc1cc(/C(N)=N/O)ccc1NC(=O)c1cncn1C. The van der Waals surface area contributed by atoms with Gasteiger partial charge in [-0.3, -0.25) is 4.79 Å². The lowest BCUT2D eigenvalue weighted by atomic mass is 10.1. The molecule has 8 heteroatoms. The number of amidine groups is 1. The number of benzene rings is 1. The Morgan fingerprint density at radius 2 is 2.29 bits per heavy atom. The highest BCUT2D eigenvalue weighted by Gasteiger charge is 2.13. The molecule has 0 saturated heterocycles. The smallest absolute Gasteiger partial charge is 0.274 e. The summed E-state index contributed by atoms with van der Waals surface area (Å²) < 4.78 is 6.80. The Morgan fingerprint density at radius 3 is 2.86 bits per heavy atom. The number of aryl methyl sites for hydroxylation is 1. The van der Waals surface area contributed by atoms with Gasteiger partial charge in [-0.15, -0.1) is 0 Å². The number of nitrogens with one attached hydrogen (secondary N) is 1. The number of imidazole rings is 1. The van der Waals surface area contributed by atoms with Crippen LogP contribution >= 0.6 is 0 Å². The molecular weight excluding hydrogens is 274 g/mol. The van der Waals surface area contributed by atoms with Gasteiger partial charge in [-0.2, -0.15) is 0 Å². The van der Waals surface area contributed by atoms with Crippen LogP contribution in [0.15, 0.2) is 35.9 Å². The van der Waals surface area contributed by atoms with Crippen molar-refractivity contribution >= 4 is 17.4 Å². The number of amides is 1. The second kappa shape index (κ2) is 5.95. The molecule has 0 aliphatic carbocycles. The molecular formula is C13H15N5O3. The van der Waals surface area contributed by atoms with Crippen molar-refractivity contribution in [2.75, 3.05) is 12.4 Å². The van der Waals surface area contributed by atoms with Crippen molar-refractivity contribution in [3.8, 4) is 5.75 Å². The van der Waals surface area contributed by atoms with Crippen LogP contribution in [0.1, 0.15) is 16.1 Å². The van der Waals surface area contributed by atoms with Crippen LogP contribution in [-0.2, 0) is 7.05 Å². The molecule has 0 fully saturated rings. The van der Waals surface area contributed by atoms with Gasteiger partial charge in [0.1, 0.15) is 11.4 Å². The van der Waals surface area contributed by atoms with Crippen LogP contribution in [0.4, 0.5) is 5.69 Å². The molecule has 2 rings (SSSR count). The van der Waals surface area contributed by atoms with Crippen LogP contribution in [0.5, 0.6) is 5.75 Å². The quantitative estimate of drug-likeness (QED) is 0.333. The van der Waals surface area contributed by atoms with E-state index in [1.54, 1.807) is 29.8 Å². The van der Waals surface area contributed by atoms with E-state index >= 15 is 0 Å². The number of nitrogens with zero attached hydrogens (tertiary/aromatic N) is 3. The molecule has 0 radical (unpaired) electrons. The lowest BCUT2D eigenvalue weighted by Gasteiger charge is -2.11. The van der Waals surface area contributed by atoms with Gasteiger partial charge in [-0.05, 0) is 18.2 Å². The molecule has 0 atom stereocenters. The van der Waals surface area contributed by atoms with Gasteiger partial charge in [-0.25, -0.2) is 4.98 Å². The number of ether oxygens (including phenoxy) is 1. The van der Waals surface area contributed by atoms with Crippen molar-refractivity contribution in [1.82, 2.24) is 9.55 Å². The Kier molecular flexibility index (Phi) is 4.07. The number of carbonyl (C=O) groups is 1. The number of anilines is 1. The molecule has 1 amide bonds. The fourth-order valence-corrected chi connectivity index (χ4v) is 1.77. The number of oxime groups is 1. The maximum Gasteiger partial charge on any atom is 0.274 e. The maximum atomic E-state index is 12.1. The molecule has 0 saturated carbocycles. The summed E-state index contributed by atoms with van der Waals surface area (Å²) in [5.74, 6) is 0.0391. The van der Waals surface area contributed by atoms with Gasteiger partial charge in [-0.1, -0.05) is 5.16 Å². The average molecular weight is 289 g/mol. The number of carbonyl (C=O) groups excluding carboxylic acids is 1. The molecule has 0 aliphatic heterocycles. The van der Waals surface area contributed by atoms with Crippen LogP contribution in [0, 0.1) is 0 Å². The molecule has 0 unspecified atom stereocenters. The normalized spacial score (nSPS) is 11.2. The van der Waals surface area contributed by atoms with Crippen LogP contribution in [0.3, 0.4) is 0 Å². The van der Waals surface area contributed by atoms with Gasteiger partial charge in [0.2, 0.25) is 0 Å². The molecule has 0 spiro atoms. The third-order valence-electron chi connectivity index (χ3n) is 2.90. The minimum atomic E-state index is -0.315. The highest BCUT2D eigenvalue weighted by molar-refractivity contribution is 6.04. The van der Waals surface area contributed by atoms with Gasteiger partial charge >= 0.3 is 0 Å². The van der Waals surface area contributed by atoms with Crippen LogP contribution in [-0.4, -0.2) is 33.6 Å². The summed E-state index contributed by atoms with van der Waals surface area (Å²) in [6.07, 6.45) is 3.00. The van der Waals surface area contributed by atoms with Crippen molar-refractivity contribution in [2.24, 2.45) is 17.9 Å². The Hall–Kier alpha value is -3.03. The van der Waals surface area contributed by atoms with E-state index < -0.39 is 0 Å². The summed E-state index contributed by atoms with van der Waals surface area (Å²) in [6, 6.07) is 4.78. The van der Waals surface area contributed by atoms with Crippen molar-refractivity contribution in [1.29, 1.82) is 0 Å². The zero-order chi connectivity index (χ0) is 15.4. The van der Waals surface area contributed by atoms with Crippen molar-refractivity contribution < 1.29 is 14.7 Å². The standard InChI is InChI=1S/C13H15N5O3/c1-18-7-15-6-10(18)13(19)16-9-4-3-8(12(14)17-20)5-11(9)21-2/h3-7,20H,1-2H3,(H2,14,17)(H,16,19). The molecule has 21 heavy (non-hydrogen) atoms. The highest BCUT2D eigenvalue weighted by atomic mass is 16.5.